The second-order valence-corrected chi connectivity index (χ2v) is 8.47. The van der Waals surface area contributed by atoms with Crippen molar-refractivity contribution in [1.29, 1.82) is 0 Å². The molecule has 1 aromatic heterocycles. The Bertz CT molecular complexity index is 1330. The molecule has 184 valence electrons. The lowest BCUT2D eigenvalue weighted by molar-refractivity contribution is 0.0795. The van der Waals surface area contributed by atoms with Gasteiger partial charge in [0.05, 0.1) is 7.11 Å². The minimum atomic E-state index is -0.176. The fraction of sp³-hybridized carbons (Fsp3) is 0.214. The van der Waals surface area contributed by atoms with E-state index in [1.807, 2.05) is 49.4 Å². The lowest BCUT2D eigenvalue weighted by Crippen LogP contribution is -2.29. The molecule has 8 nitrogen and oxygen atoms in total. The van der Waals surface area contributed by atoms with Crippen LogP contribution in [0.1, 0.15) is 37.7 Å². The summed E-state index contributed by atoms with van der Waals surface area (Å²) >= 11 is 0. The maximum absolute atomic E-state index is 12.6. The van der Waals surface area contributed by atoms with Gasteiger partial charge in [-0.2, -0.15) is 4.98 Å². The third kappa shape index (κ3) is 6.15. The molecule has 0 radical (unpaired) electrons. The number of amides is 2. The van der Waals surface area contributed by atoms with Gasteiger partial charge in [-0.05, 0) is 61.0 Å². The summed E-state index contributed by atoms with van der Waals surface area (Å²) in [5, 5.41) is 6.94. The van der Waals surface area contributed by atoms with Gasteiger partial charge in [0, 0.05) is 43.2 Å². The number of carbonyl (C=O) groups is 2. The summed E-state index contributed by atoms with van der Waals surface area (Å²) in [6.45, 7) is 2.83. The second-order valence-electron chi connectivity index (χ2n) is 8.47. The highest BCUT2D eigenvalue weighted by molar-refractivity contribution is 5.95. The van der Waals surface area contributed by atoms with Gasteiger partial charge in [0.2, 0.25) is 0 Å². The summed E-state index contributed by atoms with van der Waals surface area (Å²) in [7, 11) is 3.37. The van der Waals surface area contributed by atoms with Crippen LogP contribution in [0.15, 0.2) is 77.3 Å². The monoisotopic (exact) mass is 484 g/mol. The fourth-order valence-corrected chi connectivity index (χ4v) is 3.63. The zero-order chi connectivity index (χ0) is 25.5. The Balaban J connectivity index is 1.30. The molecule has 3 aromatic carbocycles. The second kappa shape index (κ2) is 11.3. The number of benzene rings is 3. The van der Waals surface area contributed by atoms with E-state index in [2.05, 4.69) is 15.5 Å². The largest absolute Gasteiger partial charge is 0.497 e. The molecule has 8 heteroatoms. The number of aryl methyl sites for hydroxylation is 1. The molecule has 0 fully saturated rings. The van der Waals surface area contributed by atoms with E-state index in [-0.39, 0.29) is 11.8 Å². The highest BCUT2D eigenvalue weighted by Crippen LogP contribution is 2.18. The standard InChI is InChI=1S/C28H28N4O4/c1-19-5-4-6-23(17-19)28(34)32(2)16-15-25-30-27(36-31-25)22-11-9-21(10-12-22)26(33)29-18-20-7-13-24(35-3)14-8-20/h4-14,17H,15-16,18H2,1-3H3,(H,29,33). The van der Waals surface area contributed by atoms with Gasteiger partial charge in [-0.3, -0.25) is 9.59 Å². The number of rotatable bonds is 9. The highest BCUT2D eigenvalue weighted by atomic mass is 16.5. The van der Waals surface area contributed by atoms with Crippen molar-refractivity contribution in [2.75, 3.05) is 20.7 Å². The van der Waals surface area contributed by atoms with Crippen molar-refractivity contribution in [3.63, 3.8) is 0 Å². The van der Waals surface area contributed by atoms with Crippen LogP contribution in [0, 0.1) is 6.92 Å². The molecule has 36 heavy (non-hydrogen) atoms. The fourth-order valence-electron chi connectivity index (χ4n) is 3.63. The highest BCUT2D eigenvalue weighted by Gasteiger charge is 2.15. The third-order valence-electron chi connectivity index (χ3n) is 5.76. The van der Waals surface area contributed by atoms with E-state index in [1.54, 1.807) is 49.4 Å². The number of methoxy groups -OCH3 is 1. The minimum Gasteiger partial charge on any atom is -0.497 e. The molecule has 2 amide bonds. The van der Waals surface area contributed by atoms with Gasteiger partial charge in [-0.15, -0.1) is 0 Å². The summed E-state index contributed by atoms with van der Waals surface area (Å²) in [6, 6.07) is 22.0. The van der Waals surface area contributed by atoms with Gasteiger partial charge < -0.3 is 19.5 Å². The molecule has 4 rings (SSSR count). The molecule has 4 aromatic rings. The van der Waals surface area contributed by atoms with Gasteiger partial charge in [0.25, 0.3) is 17.7 Å². The van der Waals surface area contributed by atoms with Crippen LogP contribution in [-0.2, 0) is 13.0 Å². The van der Waals surface area contributed by atoms with Crippen molar-refractivity contribution >= 4 is 11.8 Å². The van der Waals surface area contributed by atoms with Gasteiger partial charge in [0.1, 0.15) is 5.75 Å². The molecule has 0 aliphatic rings. The molecule has 0 aliphatic heterocycles. The average molecular weight is 485 g/mol. The Morgan fingerprint density at radius 3 is 2.44 bits per heavy atom. The van der Waals surface area contributed by atoms with E-state index in [0.717, 1.165) is 16.9 Å². The first-order valence-electron chi connectivity index (χ1n) is 11.6. The number of hydrogen-bond donors (Lipinski definition) is 1. The molecular weight excluding hydrogens is 456 g/mol. The Labute approximate surface area is 209 Å². The predicted octanol–water partition coefficient (Wildman–Crippen LogP) is 4.30. The van der Waals surface area contributed by atoms with E-state index < -0.39 is 0 Å². The van der Waals surface area contributed by atoms with E-state index in [1.165, 1.54) is 0 Å². The lowest BCUT2D eigenvalue weighted by Gasteiger charge is -2.16. The number of likely N-dealkylation sites (N-methyl/N-ethyl adjacent to an activating group) is 1. The predicted molar refractivity (Wildman–Crippen MR) is 136 cm³/mol. The Kier molecular flexibility index (Phi) is 7.75. The minimum absolute atomic E-state index is 0.0525. The SMILES string of the molecule is COc1ccc(CNC(=O)c2ccc(-c3nc(CCN(C)C(=O)c4cccc(C)c4)no3)cc2)cc1. The average Bonchev–Trinajstić information content (AvgIpc) is 3.39. The quantitative estimate of drug-likeness (QED) is 0.380. The van der Waals surface area contributed by atoms with Crippen molar-refractivity contribution in [2.45, 2.75) is 19.9 Å². The number of ether oxygens (including phenoxy) is 1. The van der Waals surface area contributed by atoms with E-state index in [4.69, 9.17) is 9.26 Å². The van der Waals surface area contributed by atoms with Crippen LogP contribution in [0.3, 0.4) is 0 Å². The Morgan fingerprint density at radius 1 is 1.00 bits per heavy atom. The molecule has 0 spiro atoms. The maximum atomic E-state index is 12.6. The zero-order valence-electron chi connectivity index (χ0n) is 20.5. The topological polar surface area (TPSA) is 97.6 Å². The number of nitrogens with one attached hydrogen (secondary N) is 1. The van der Waals surface area contributed by atoms with Gasteiger partial charge in [0.15, 0.2) is 5.82 Å². The summed E-state index contributed by atoms with van der Waals surface area (Å²) in [4.78, 5) is 31.2. The molecular formula is C28H28N4O4. The van der Waals surface area contributed by atoms with Crippen LogP contribution >= 0.6 is 0 Å². The van der Waals surface area contributed by atoms with Crippen molar-refractivity contribution < 1.29 is 18.8 Å². The van der Waals surface area contributed by atoms with Gasteiger partial charge in [-0.1, -0.05) is 35.0 Å². The van der Waals surface area contributed by atoms with Crippen LogP contribution in [0.25, 0.3) is 11.5 Å². The molecule has 0 saturated heterocycles. The summed E-state index contributed by atoms with van der Waals surface area (Å²) in [6.07, 6.45) is 0.462. The summed E-state index contributed by atoms with van der Waals surface area (Å²) < 4.78 is 10.5. The van der Waals surface area contributed by atoms with Crippen LogP contribution in [-0.4, -0.2) is 47.6 Å². The number of hydrogen-bond acceptors (Lipinski definition) is 6. The molecule has 0 atom stereocenters. The van der Waals surface area contributed by atoms with Gasteiger partial charge in [-0.25, -0.2) is 0 Å². The normalized spacial score (nSPS) is 10.6. The van der Waals surface area contributed by atoms with Crippen LogP contribution in [0.5, 0.6) is 5.75 Å². The molecule has 0 unspecified atom stereocenters. The molecule has 0 aliphatic carbocycles. The van der Waals surface area contributed by atoms with Crippen molar-refractivity contribution in [3.05, 3.63) is 101 Å². The molecule has 1 heterocycles. The van der Waals surface area contributed by atoms with Crippen LogP contribution in [0.4, 0.5) is 0 Å². The molecule has 0 saturated carbocycles. The first kappa shape index (κ1) is 24.7. The Morgan fingerprint density at radius 2 is 1.75 bits per heavy atom. The lowest BCUT2D eigenvalue weighted by atomic mass is 10.1. The Hall–Kier alpha value is -4.46. The third-order valence-corrected chi connectivity index (χ3v) is 5.76. The number of nitrogens with zero attached hydrogens (tertiary/aromatic N) is 3. The van der Waals surface area contributed by atoms with E-state index >= 15 is 0 Å². The first-order chi connectivity index (χ1) is 17.4. The number of aromatic nitrogens is 2. The van der Waals surface area contributed by atoms with E-state index in [0.29, 0.717) is 47.9 Å². The van der Waals surface area contributed by atoms with Crippen LogP contribution in [0.2, 0.25) is 0 Å². The van der Waals surface area contributed by atoms with Gasteiger partial charge >= 0.3 is 0 Å². The van der Waals surface area contributed by atoms with Crippen LogP contribution < -0.4 is 10.1 Å². The molecule has 1 N–H and O–H groups in total. The smallest absolute Gasteiger partial charge is 0.257 e. The van der Waals surface area contributed by atoms with Crippen molar-refractivity contribution in [2.24, 2.45) is 0 Å². The zero-order valence-corrected chi connectivity index (χ0v) is 20.5. The maximum Gasteiger partial charge on any atom is 0.257 e. The summed E-state index contributed by atoms with van der Waals surface area (Å²) in [5.74, 6) is 1.42. The summed E-state index contributed by atoms with van der Waals surface area (Å²) in [5.41, 5.74) is 3.91. The molecule has 0 bridgehead atoms. The number of carbonyl (C=O) groups excluding carboxylic acids is 2. The van der Waals surface area contributed by atoms with Crippen molar-refractivity contribution in [1.82, 2.24) is 20.4 Å². The van der Waals surface area contributed by atoms with Crippen molar-refractivity contribution in [3.8, 4) is 17.2 Å². The first-order valence-corrected chi connectivity index (χ1v) is 11.6. The van der Waals surface area contributed by atoms with E-state index in [9.17, 15) is 9.59 Å².